The minimum Gasteiger partial charge on any atom is -0.490 e. The molecule has 9 heteroatoms. The third-order valence-corrected chi connectivity index (χ3v) is 8.49. The van der Waals surface area contributed by atoms with Gasteiger partial charge in [0.25, 0.3) is 11.8 Å². The summed E-state index contributed by atoms with van der Waals surface area (Å²) in [5, 5.41) is 13.9. The standard InChI is InChI=1S/C31H34N4O5/c1-5-30(4)37-17-26(39-30)29(36)35-14-13-31(18-35)12-11-22-23(7-6-8-24(22)31)27-33-28(40-34-27)20-9-10-25(38-19(2)3)21(15-20)16-32/h6-10,15,19,26H,5,11-14,17-18H2,1-4H3. The van der Waals surface area contributed by atoms with Crippen molar-refractivity contribution in [2.75, 3.05) is 19.7 Å². The highest BCUT2D eigenvalue weighted by Crippen LogP contribution is 2.48. The Morgan fingerprint density at radius 2 is 2.12 bits per heavy atom. The molecule has 3 atom stereocenters. The van der Waals surface area contributed by atoms with E-state index in [1.807, 2.05) is 50.8 Å². The Balaban J connectivity index is 1.23. The number of nitrogens with zero attached hydrogens (tertiary/aromatic N) is 4. The lowest BCUT2D eigenvalue weighted by molar-refractivity contribution is -0.168. The lowest BCUT2D eigenvalue weighted by Crippen LogP contribution is -2.41. The van der Waals surface area contributed by atoms with Crippen LogP contribution in [-0.4, -0.2) is 58.6 Å². The van der Waals surface area contributed by atoms with E-state index in [0.717, 1.165) is 24.8 Å². The number of fused-ring (bicyclic) bond motifs is 2. The molecule has 0 radical (unpaired) electrons. The summed E-state index contributed by atoms with van der Waals surface area (Å²) in [6.45, 7) is 9.41. The Bertz CT molecular complexity index is 1490. The summed E-state index contributed by atoms with van der Waals surface area (Å²) in [5.74, 6) is 0.733. The molecule has 3 heterocycles. The van der Waals surface area contributed by atoms with Gasteiger partial charge in [-0.05, 0) is 75.8 Å². The summed E-state index contributed by atoms with van der Waals surface area (Å²) in [7, 11) is 0. The molecule has 0 saturated carbocycles. The van der Waals surface area contributed by atoms with Crippen molar-refractivity contribution in [3.63, 3.8) is 0 Å². The molecule has 3 unspecified atom stereocenters. The number of rotatable bonds is 6. The first-order valence-electron chi connectivity index (χ1n) is 14.0. The largest absolute Gasteiger partial charge is 0.490 e. The average molecular weight is 543 g/mol. The summed E-state index contributed by atoms with van der Waals surface area (Å²) in [5.41, 5.74) is 4.41. The summed E-state index contributed by atoms with van der Waals surface area (Å²) in [4.78, 5) is 20.0. The van der Waals surface area contributed by atoms with E-state index in [-0.39, 0.29) is 17.4 Å². The van der Waals surface area contributed by atoms with E-state index in [4.69, 9.17) is 23.7 Å². The molecule has 2 saturated heterocycles. The minimum atomic E-state index is -0.684. The number of hydrogen-bond acceptors (Lipinski definition) is 8. The monoisotopic (exact) mass is 542 g/mol. The highest BCUT2D eigenvalue weighted by atomic mass is 16.7. The van der Waals surface area contributed by atoms with E-state index in [1.165, 1.54) is 11.1 Å². The van der Waals surface area contributed by atoms with Gasteiger partial charge in [0.05, 0.1) is 18.3 Å². The Hall–Kier alpha value is -3.74. The van der Waals surface area contributed by atoms with Gasteiger partial charge in [-0.1, -0.05) is 30.3 Å². The van der Waals surface area contributed by atoms with Crippen LogP contribution in [0.2, 0.25) is 0 Å². The van der Waals surface area contributed by atoms with E-state index in [0.29, 0.717) is 54.7 Å². The molecule has 2 fully saturated rings. The highest BCUT2D eigenvalue weighted by Gasteiger charge is 2.49. The molecule has 40 heavy (non-hydrogen) atoms. The maximum atomic E-state index is 13.3. The van der Waals surface area contributed by atoms with E-state index in [9.17, 15) is 10.1 Å². The molecule has 0 bridgehead atoms. The van der Waals surface area contributed by atoms with E-state index in [2.05, 4.69) is 17.3 Å². The van der Waals surface area contributed by atoms with Gasteiger partial charge >= 0.3 is 0 Å². The summed E-state index contributed by atoms with van der Waals surface area (Å²) in [6, 6.07) is 13.7. The molecule has 2 aromatic carbocycles. The molecular formula is C31H34N4O5. The fourth-order valence-electron chi connectivity index (χ4n) is 6.23. The van der Waals surface area contributed by atoms with Crippen molar-refractivity contribution in [2.24, 2.45) is 0 Å². The lowest BCUT2D eigenvalue weighted by atomic mass is 9.81. The van der Waals surface area contributed by atoms with Crippen molar-refractivity contribution in [1.82, 2.24) is 15.0 Å². The number of amides is 1. The van der Waals surface area contributed by atoms with Gasteiger partial charge in [-0.15, -0.1) is 0 Å². The molecule has 1 aliphatic carbocycles. The maximum absolute atomic E-state index is 13.3. The van der Waals surface area contributed by atoms with Crippen LogP contribution in [0.1, 0.15) is 63.6 Å². The second-order valence-electron chi connectivity index (χ2n) is 11.4. The first-order valence-corrected chi connectivity index (χ1v) is 14.0. The molecule has 3 aromatic rings. The number of hydrogen-bond donors (Lipinski definition) is 0. The van der Waals surface area contributed by atoms with Crippen LogP contribution in [0.4, 0.5) is 0 Å². The van der Waals surface area contributed by atoms with Gasteiger partial charge in [0.2, 0.25) is 5.82 Å². The molecular weight excluding hydrogens is 508 g/mol. The van der Waals surface area contributed by atoms with E-state index >= 15 is 0 Å². The van der Waals surface area contributed by atoms with Gasteiger partial charge in [0.1, 0.15) is 11.8 Å². The number of aromatic nitrogens is 2. The van der Waals surface area contributed by atoms with Gasteiger partial charge in [-0.2, -0.15) is 10.2 Å². The average Bonchev–Trinajstić information content (AvgIpc) is 3.76. The number of carbonyl (C=O) groups is 1. The van der Waals surface area contributed by atoms with Crippen LogP contribution in [-0.2, 0) is 26.1 Å². The molecule has 0 N–H and O–H groups in total. The summed E-state index contributed by atoms with van der Waals surface area (Å²) in [6.07, 6.45) is 2.87. The second kappa shape index (κ2) is 10.0. The van der Waals surface area contributed by atoms with Crippen molar-refractivity contribution in [2.45, 2.75) is 76.8 Å². The van der Waals surface area contributed by atoms with Crippen LogP contribution in [0.25, 0.3) is 22.8 Å². The Labute approximate surface area is 234 Å². The smallest absolute Gasteiger partial charge is 0.258 e. The quantitative estimate of drug-likeness (QED) is 0.427. The first-order chi connectivity index (χ1) is 19.2. The second-order valence-corrected chi connectivity index (χ2v) is 11.4. The zero-order chi connectivity index (χ0) is 28.1. The topological polar surface area (TPSA) is 111 Å². The number of benzene rings is 2. The van der Waals surface area contributed by atoms with Crippen LogP contribution >= 0.6 is 0 Å². The highest BCUT2D eigenvalue weighted by molar-refractivity contribution is 5.82. The predicted octanol–water partition coefficient (Wildman–Crippen LogP) is 5.02. The first kappa shape index (κ1) is 26.5. The number of likely N-dealkylation sites (tertiary alicyclic amines) is 1. The Morgan fingerprint density at radius 1 is 1.27 bits per heavy atom. The van der Waals surface area contributed by atoms with Crippen LogP contribution in [0.3, 0.4) is 0 Å². The molecule has 1 amide bonds. The molecule has 1 spiro atoms. The fourth-order valence-corrected chi connectivity index (χ4v) is 6.23. The van der Waals surface area contributed by atoms with Gasteiger partial charge < -0.3 is 23.6 Å². The van der Waals surface area contributed by atoms with E-state index in [1.54, 1.807) is 12.1 Å². The lowest BCUT2D eigenvalue weighted by Gasteiger charge is -2.27. The summed E-state index contributed by atoms with van der Waals surface area (Å²) >= 11 is 0. The van der Waals surface area contributed by atoms with Gasteiger partial charge in [0, 0.05) is 29.6 Å². The maximum Gasteiger partial charge on any atom is 0.258 e. The van der Waals surface area contributed by atoms with Gasteiger partial charge in [-0.3, -0.25) is 4.79 Å². The van der Waals surface area contributed by atoms with Crippen LogP contribution < -0.4 is 4.74 Å². The zero-order valence-electron chi connectivity index (χ0n) is 23.4. The molecule has 9 nitrogen and oxygen atoms in total. The van der Waals surface area contributed by atoms with Gasteiger partial charge in [-0.25, -0.2) is 0 Å². The minimum absolute atomic E-state index is 0.0167. The molecule has 6 rings (SSSR count). The molecule has 1 aromatic heterocycles. The summed E-state index contributed by atoms with van der Waals surface area (Å²) < 4.78 is 23.1. The molecule has 3 aliphatic rings. The number of carbonyl (C=O) groups excluding carboxylic acids is 1. The Morgan fingerprint density at radius 3 is 2.88 bits per heavy atom. The van der Waals surface area contributed by atoms with E-state index < -0.39 is 11.9 Å². The normalized spacial score (nSPS) is 25.5. The van der Waals surface area contributed by atoms with Crippen molar-refractivity contribution in [1.29, 1.82) is 5.26 Å². The Kier molecular flexibility index (Phi) is 6.64. The third kappa shape index (κ3) is 4.55. The number of nitriles is 1. The predicted molar refractivity (Wildman–Crippen MR) is 146 cm³/mol. The fraction of sp³-hybridized carbons (Fsp3) is 0.484. The van der Waals surface area contributed by atoms with Crippen molar-refractivity contribution in [3.8, 4) is 34.7 Å². The van der Waals surface area contributed by atoms with Gasteiger partial charge in [0.15, 0.2) is 11.9 Å². The van der Waals surface area contributed by atoms with Crippen molar-refractivity contribution >= 4 is 5.91 Å². The molecule has 208 valence electrons. The van der Waals surface area contributed by atoms with Crippen LogP contribution in [0.15, 0.2) is 40.9 Å². The third-order valence-electron chi connectivity index (χ3n) is 8.49. The van der Waals surface area contributed by atoms with Crippen molar-refractivity contribution < 1.29 is 23.5 Å². The van der Waals surface area contributed by atoms with Crippen LogP contribution in [0.5, 0.6) is 5.75 Å². The SMILES string of the molecule is CCC1(C)OCC(C(=O)N2CCC3(CCc4c(-c5noc(-c6ccc(OC(C)C)c(C#N)c6)n5)cccc43)C2)O1. The number of ether oxygens (including phenoxy) is 3. The molecule has 2 aliphatic heterocycles. The zero-order valence-corrected chi connectivity index (χ0v) is 23.4. The van der Waals surface area contributed by atoms with Crippen molar-refractivity contribution in [3.05, 3.63) is 53.1 Å². The van der Waals surface area contributed by atoms with Crippen LogP contribution in [0, 0.1) is 11.3 Å².